The largest absolute Gasteiger partial charge is 0.391 e. The van der Waals surface area contributed by atoms with Crippen LogP contribution in [0.5, 0.6) is 0 Å². The summed E-state index contributed by atoms with van der Waals surface area (Å²) in [4.78, 5) is 13.7. The Labute approximate surface area is 113 Å². The minimum Gasteiger partial charge on any atom is -0.391 e. The third kappa shape index (κ3) is 3.27. The third-order valence-electron chi connectivity index (χ3n) is 3.49. The molecule has 4 nitrogen and oxygen atoms in total. The van der Waals surface area contributed by atoms with Crippen LogP contribution < -0.4 is 5.32 Å². The van der Waals surface area contributed by atoms with Crippen molar-refractivity contribution in [2.45, 2.75) is 19.4 Å². The zero-order chi connectivity index (χ0) is 13.8. The zero-order valence-electron chi connectivity index (χ0n) is 11.0. The number of nitrogens with zero attached hydrogens (tertiary/aromatic N) is 1. The Balaban J connectivity index is 1.99. The lowest BCUT2D eigenvalue weighted by molar-refractivity contribution is 0.0464. The molecule has 1 saturated heterocycles. The van der Waals surface area contributed by atoms with Gasteiger partial charge >= 0.3 is 6.03 Å². The Morgan fingerprint density at radius 1 is 1.58 bits per heavy atom. The van der Waals surface area contributed by atoms with Gasteiger partial charge in [0, 0.05) is 24.3 Å². The number of aliphatic hydroxyl groups excluding tert-OH is 1. The fourth-order valence-corrected chi connectivity index (χ4v) is 2.12. The van der Waals surface area contributed by atoms with E-state index >= 15 is 0 Å². The number of hydrogen-bond acceptors (Lipinski definition) is 2. The summed E-state index contributed by atoms with van der Waals surface area (Å²) in [5.74, 6) is 2.77. The van der Waals surface area contributed by atoms with E-state index in [1.807, 2.05) is 13.0 Å². The molecule has 1 heterocycles. The first-order valence-electron chi connectivity index (χ1n) is 6.41. The number of nitrogens with one attached hydrogen (secondary N) is 1. The van der Waals surface area contributed by atoms with Gasteiger partial charge in [0.05, 0.1) is 6.10 Å². The van der Waals surface area contributed by atoms with Crippen LogP contribution in [0.1, 0.15) is 18.9 Å². The van der Waals surface area contributed by atoms with Gasteiger partial charge < -0.3 is 15.3 Å². The second-order valence-corrected chi connectivity index (χ2v) is 4.93. The van der Waals surface area contributed by atoms with Crippen molar-refractivity contribution in [1.29, 1.82) is 0 Å². The van der Waals surface area contributed by atoms with Crippen LogP contribution in [0, 0.1) is 18.3 Å². The molecule has 2 N–H and O–H groups in total. The maximum atomic E-state index is 12.1. The monoisotopic (exact) mass is 258 g/mol. The molecule has 1 aliphatic rings. The summed E-state index contributed by atoms with van der Waals surface area (Å²) in [5, 5.41) is 12.6. The van der Waals surface area contributed by atoms with E-state index in [2.05, 4.69) is 11.2 Å². The molecule has 1 fully saturated rings. The standard InChI is InChI=1S/C15H18N2O2/c1-3-12-5-4-6-13(9-12)16-15(19)17-8-7-11(2)14(18)10-17/h1,4-6,9,11,14,18H,7-8,10H2,2H3,(H,16,19). The van der Waals surface area contributed by atoms with Crippen molar-refractivity contribution >= 4 is 11.7 Å². The van der Waals surface area contributed by atoms with Crippen LogP contribution in [0.25, 0.3) is 0 Å². The Morgan fingerprint density at radius 2 is 2.37 bits per heavy atom. The molecule has 4 heteroatoms. The molecule has 0 aromatic heterocycles. The summed E-state index contributed by atoms with van der Waals surface area (Å²) >= 11 is 0. The number of hydrogen-bond donors (Lipinski definition) is 2. The van der Waals surface area contributed by atoms with E-state index < -0.39 is 6.10 Å². The average molecular weight is 258 g/mol. The Hall–Kier alpha value is -1.99. The van der Waals surface area contributed by atoms with Gasteiger partial charge in [0.1, 0.15) is 0 Å². The molecular weight excluding hydrogens is 240 g/mol. The second kappa shape index (κ2) is 5.77. The average Bonchev–Trinajstić information content (AvgIpc) is 2.42. The first-order valence-corrected chi connectivity index (χ1v) is 6.41. The summed E-state index contributed by atoms with van der Waals surface area (Å²) in [6, 6.07) is 6.96. The maximum Gasteiger partial charge on any atom is 0.321 e. The van der Waals surface area contributed by atoms with Crippen LogP contribution in [0.15, 0.2) is 24.3 Å². The molecule has 0 radical (unpaired) electrons. The van der Waals surface area contributed by atoms with Gasteiger partial charge in [0.15, 0.2) is 0 Å². The highest BCUT2D eigenvalue weighted by atomic mass is 16.3. The minimum atomic E-state index is -0.448. The fraction of sp³-hybridized carbons (Fsp3) is 0.400. The smallest absolute Gasteiger partial charge is 0.321 e. The zero-order valence-corrected chi connectivity index (χ0v) is 11.0. The molecule has 100 valence electrons. The number of terminal acetylenes is 1. The highest BCUT2D eigenvalue weighted by molar-refractivity contribution is 5.89. The number of carbonyl (C=O) groups excluding carboxylic acids is 1. The first-order chi connectivity index (χ1) is 9.10. The van der Waals surface area contributed by atoms with E-state index in [1.54, 1.807) is 23.1 Å². The van der Waals surface area contributed by atoms with Gasteiger partial charge in [-0.2, -0.15) is 0 Å². The molecule has 2 amide bonds. The van der Waals surface area contributed by atoms with Crippen LogP contribution in [-0.4, -0.2) is 35.2 Å². The molecule has 1 aromatic rings. The fourth-order valence-electron chi connectivity index (χ4n) is 2.12. The van der Waals surface area contributed by atoms with Crippen LogP contribution in [0.2, 0.25) is 0 Å². The maximum absolute atomic E-state index is 12.1. The first kappa shape index (κ1) is 13.4. The Morgan fingerprint density at radius 3 is 3.05 bits per heavy atom. The molecule has 0 bridgehead atoms. The minimum absolute atomic E-state index is 0.194. The summed E-state index contributed by atoms with van der Waals surface area (Å²) < 4.78 is 0. The van der Waals surface area contributed by atoms with Gasteiger partial charge in [-0.3, -0.25) is 0 Å². The van der Waals surface area contributed by atoms with Crippen molar-refractivity contribution in [3.63, 3.8) is 0 Å². The van der Waals surface area contributed by atoms with E-state index in [0.717, 1.165) is 12.0 Å². The summed E-state index contributed by atoms with van der Waals surface area (Å²) in [5.41, 5.74) is 1.40. The lowest BCUT2D eigenvalue weighted by Crippen LogP contribution is -2.47. The number of carbonyl (C=O) groups is 1. The molecule has 1 aromatic carbocycles. The highest BCUT2D eigenvalue weighted by Crippen LogP contribution is 2.18. The number of aliphatic hydroxyl groups is 1. The van der Waals surface area contributed by atoms with E-state index in [1.165, 1.54) is 0 Å². The van der Waals surface area contributed by atoms with Crippen molar-refractivity contribution in [1.82, 2.24) is 4.90 Å². The number of β-amino-alcohol motifs (C(OH)–C–C–N with tert-alkyl or cyclic N) is 1. The lowest BCUT2D eigenvalue weighted by atomic mass is 9.96. The van der Waals surface area contributed by atoms with Gasteiger partial charge in [-0.05, 0) is 30.5 Å². The van der Waals surface area contributed by atoms with E-state index in [-0.39, 0.29) is 11.9 Å². The van der Waals surface area contributed by atoms with Crippen molar-refractivity contribution in [2.24, 2.45) is 5.92 Å². The van der Waals surface area contributed by atoms with Gasteiger partial charge in [-0.1, -0.05) is 18.9 Å². The van der Waals surface area contributed by atoms with Crippen LogP contribution >= 0.6 is 0 Å². The molecule has 2 atom stereocenters. The molecule has 2 rings (SSSR count). The summed E-state index contributed by atoms with van der Waals surface area (Å²) in [6.07, 6.45) is 5.69. The number of rotatable bonds is 1. The topological polar surface area (TPSA) is 52.6 Å². The van der Waals surface area contributed by atoms with Gasteiger partial charge in [-0.15, -0.1) is 6.42 Å². The normalized spacial score (nSPS) is 22.7. The van der Waals surface area contributed by atoms with Gasteiger partial charge in [0.25, 0.3) is 0 Å². The number of benzene rings is 1. The van der Waals surface area contributed by atoms with E-state index in [9.17, 15) is 9.90 Å². The third-order valence-corrected chi connectivity index (χ3v) is 3.49. The number of anilines is 1. The Kier molecular flexibility index (Phi) is 4.08. The van der Waals surface area contributed by atoms with Gasteiger partial charge in [0.2, 0.25) is 0 Å². The lowest BCUT2D eigenvalue weighted by Gasteiger charge is -2.34. The second-order valence-electron chi connectivity index (χ2n) is 4.93. The molecule has 1 aliphatic heterocycles. The molecule has 19 heavy (non-hydrogen) atoms. The van der Waals surface area contributed by atoms with E-state index in [0.29, 0.717) is 18.8 Å². The van der Waals surface area contributed by atoms with Crippen molar-refractivity contribution in [3.05, 3.63) is 29.8 Å². The summed E-state index contributed by atoms with van der Waals surface area (Å²) in [6.45, 7) is 3.04. The number of likely N-dealkylation sites (tertiary alicyclic amines) is 1. The quantitative estimate of drug-likeness (QED) is 0.756. The molecule has 2 unspecified atom stereocenters. The van der Waals surface area contributed by atoms with Crippen molar-refractivity contribution in [2.75, 3.05) is 18.4 Å². The predicted octanol–water partition coefficient (Wildman–Crippen LogP) is 1.90. The van der Waals surface area contributed by atoms with Crippen molar-refractivity contribution < 1.29 is 9.90 Å². The highest BCUT2D eigenvalue weighted by Gasteiger charge is 2.27. The van der Waals surface area contributed by atoms with Crippen LogP contribution in [0.3, 0.4) is 0 Å². The predicted molar refractivity (Wildman–Crippen MR) is 74.8 cm³/mol. The number of amides is 2. The van der Waals surface area contributed by atoms with Crippen LogP contribution in [0.4, 0.5) is 10.5 Å². The summed E-state index contributed by atoms with van der Waals surface area (Å²) in [7, 11) is 0. The van der Waals surface area contributed by atoms with Crippen LogP contribution in [-0.2, 0) is 0 Å². The molecule has 0 aliphatic carbocycles. The molecular formula is C15H18N2O2. The molecule has 0 spiro atoms. The van der Waals surface area contributed by atoms with Crippen molar-refractivity contribution in [3.8, 4) is 12.3 Å². The van der Waals surface area contributed by atoms with Gasteiger partial charge in [-0.25, -0.2) is 4.79 Å². The SMILES string of the molecule is C#Cc1cccc(NC(=O)N2CCC(C)C(O)C2)c1. The number of urea groups is 1. The number of piperidine rings is 1. The Bertz CT molecular complexity index is 507. The van der Waals surface area contributed by atoms with E-state index in [4.69, 9.17) is 6.42 Å². The molecule has 0 saturated carbocycles.